The monoisotopic (exact) mass is 746 g/mol. The van der Waals surface area contributed by atoms with E-state index in [-0.39, 0.29) is 18.1 Å². The molecular formula is C54H38N2O2. The number of nitrogens with zero attached hydrogens (tertiary/aromatic N) is 2. The Morgan fingerprint density at radius 3 is 1.98 bits per heavy atom. The SMILES string of the molecule is C1=CCC(N(c2ccc3ccccc3c2)c2ccc3c(c2)oc2c4c(c5ccccc5c23)C2C=CC(N(c3ccccc3)c3ccc5ccccc5c3)=CC2O4)C=C1. The van der Waals surface area contributed by atoms with Gasteiger partial charge in [-0.1, -0.05) is 134 Å². The van der Waals surface area contributed by atoms with E-state index < -0.39 is 0 Å². The molecule has 8 aromatic carbocycles. The smallest absolute Gasteiger partial charge is 0.178 e. The Hall–Kier alpha value is -7.30. The predicted octanol–water partition coefficient (Wildman–Crippen LogP) is 14.2. The van der Waals surface area contributed by atoms with Gasteiger partial charge < -0.3 is 19.0 Å². The standard InChI is InChI=1S/C54H38N2O2/c1-3-17-39(18-4-1)55(41-25-23-35-13-7-9-15-37(35)31-41)43-27-29-47-49(33-43)57-53-51(47)45-21-11-12-22-46(45)52-48-30-28-44(34-50(48)58-54(52)53)56(40-19-5-2-6-20-40)42-26-24-36-14-8-10-16-38(36)32-42/h1-19,21-34,40,47,49H,20H2. The minimum atomic E-state index is -0.200. The van der Waals surface area contributed by atoms with Crippen LogP contribution in [-0.2, 0) is 0 Å². The minimum Gasteiger partial charge on any atom is -0.481 e. The first-order valence-electron chi connectivity index (χ1n) is 20.2. The molecule has 0 radical (unpaired) electrons. The van der Waals surface area contributed by atoms with Crippen LogP contribution in [0, 0.1) is 0 Å². The topological polar surface area (TPSA) is 28.9 Å². The number of ether oxygens (including phenoxy) is 1. The number of rotatable bonds is 6. The van der Waals surface area contributed by atoms with E-state index in [2.05, 4.69) is 210 Å². The first kappa shape index (κ1) is 32.9. The van der Waals surface area contributed by atoms with Crippen LogP contribution in [-0.4, -0.2) is 12.1 Å². The molecule has 0 spiro atoms. The highest BCUT2D eigenvalue weighted by Gasteiger charge is 2.39. The van der Waals surface area contributed by atoms with Crippen LogP contribution in [0.4, 0.5) is 22.7 Å². The van der Waals surface area contributed by atoms with E-state index in [1.807, 2.05) is 0 Å². The quantitative estimate of drug-likeness (QED) is 0.169. The molecular weight excluding hydrogens is 709 g/mol. The fourth-order valence-electron chi connectivity index (χ4n) is 9.54. The molecule has 276 valence electrons. The Morgan fingerprint density at radius 1 is 0.534 bits per heavy atom. The number of benzene rings is 8. The van der Waals surface area contributed by atoms with E-state index in [0.717, 1.165) is 62.6 Å². The molecule has 3 aliphatic rings. The fourth-order valence-corrected chi connectivity index (χ4v) is 9.54. The van der Waals surface area contributed by atoms with Gasteiger partial charge in [-0.25, -0.2) is 0 Å². The molecule has 2 heterocycles. The molecule has 4 nitrogen and oxygen atoms in total. The van der Waals surface area contributed by atoms with Crippen LogP contribution < -0.4 is 14.5 Å². The molecule has 0 saturated heterocycles. The van der Waals surface area contributed by atoms with Crippen molar-refractivity contribution in [3.63, 3.8) is 0 Å². The number of allylic oxidation sites excluding steroid dienone is 3. The van der Waals surface area contributed by atoms with Gasteiger partial charge in [0.15, 0.2) is 11.3 Å². The minimum absolute atomic E-state index is 0.0422. The maximum absolute atomic E-state index is 7.09. The second-order valence-electron chi connectivity index (χ2n) is 15.6. The Kier molecular flexibility index (Phi) is 7.45. The third kappa shape index (κ3) is 5.22. The van der Waals surface area contributed by atoms with Crippen LogP contribution in [0.25, 0.3) is 54.3 Å². The lowest BCUT2D eigenvalue weighted by atomic mass is 9.86. The number of furan rings is 1. The molecule has 0 saturated carbocycles. The zero-order valence-electron chi connectivity index (χ0n) is 31.7. The van der Waals surface area contributed by atoms with Crippen molar-refractivity contribution in [3.05, 3.63) is 212 Å². The van der Waals surface area contributed by atoms with E-state index in [4.69, 9.17) is 9.15 Å². The summed E-state index contributed by atoms with van der Waals surface area (Å²) >= 11 is 0. The highest BCUT2D eigenvalue weighted by Crippen LogP contribution is 2.53. The van der Waals surface area contributed by atoms with Gasteiger partial charge in [0.05, 0.1) is 6.04 Å². The van der Waals surface area contributed by atoms with Gasteiger partial charge in [-0.15, -0.1) is 0 Å². The van der Waals surface area contributed by atoms with Crippen LogP contribution in [0.3, 0.4) is 0 Å². The van der Waals surface area contributed by atoms with E-state index in [0.29, 0.717) is 0 Å². The zero-order chi connectivity index (χ0) is 38.2. The molecule has 0 bridgehead atoms. The van der Waals surface area contributed by atoms with Crippen LogP contribution in [0.2, 0.25) is 0 Å². The number of para-hydroxylation sites is 1. The molecule has 1 aromatic heterocycles. The number of anilines is 4. The molecule has 0 amide bonds. The van der Waals surface area contributed by atoms with Crippen molar-refractivity contribution in [2.75, 3.05) is 9.80 Å². The van der Waals surface area contributed by atoms with Crippen LogP contribution in [0.15, 0.2) is 210 Å². The summed E-state index contributed by atoms with van der Waals surface area (Å²) in [5.41, 5.74) is 8.37. The lowest BCUT2D eigenvalue weighted by Crippen LogP contribution is -2.29. The van der Waals surface area contributed by atoms with Gasteiger partial charge >= 0.3 is 0 Å². The summed E-state index contributed by atoms with van der Waals surface area (Å²) < 4.78 is 14.1. The molecule has 2 aliphatic carbocycles. The van der Waals surface area contributed by atoms with Gasteiger partial charge in [0.1, 0.15) is 11.7 Å². The Balaban J connectivity index is 0.986. The fraction of sp³-hybridized carbons (Fsp3) is 0.0741. The van der Waals surface area contributed by atoms with E-state index in [1.165, 1.54) is 37.9 Å². The van der Waals surface area contributed by atoms with Crippen LogP contribution in [0.5, 0.6) is 5.75 Å². The third-order valence-electron chi connectivity index (χ3n) is 12.2. The van der Waals surface area contributed by atoms with Gasteiger partial charge in [0.25, 0.3) is 0 Å². The molecule has 3 atom stereocenters. The first-order chi connectivity index (χ1) is 28.7. The van der Waals surface area contributed by atoms with Gasteiger partial charge in [-0.2, -0.15) is 0 Å². The Morgan fingerprint density at radius 2 is 1.21 bits per heavy atom. The molecule has 12 rings (SSSR count). The summed E-state index contributed by atoms with van der Waals surface area (Å²) in [7, 11) is 0. The van der Waals surface area contributed by atoms with Crippen molar-refractivity contribution >= 4 is 77.0 Å². The number of hydrogen-bond donors (Lipinski definition) is 0. The maximum atomic E-state index is 7.09. The second-order valence-corrected chi connectivity index (χ2v) is 15.6. The molecule has 0 N–H and O–H groups in total. The van der Waals surface area contributed by atoms with Gasteiger partial charge in [0.2, 0.25) is 0 Å². The van der Waals surface area contributed by atoms with Crippen LogP contribution in [0.1, 0.15) is 17.9 Å². The van der Waals surface area contributed by atoms with Gasteiger partial charge in [-0.05, 0) is 99.4 Å². The average molecular weight is 747 g/mol. The molecule has 58 heavy (non-hydrogen) atoms. The molecule has 3 unspecified atom stereocenters. The Labute approximate surface area is 336 Å². The summed E-state index contributed by atoms with van der Waals surface area (Å²) in [6.45, 7) is 0. The van der Waals surface area contributed by atoms with E-state index >= 15 is 0 Å². The van der Waals surface area contributed by atoms with Crippen molar-refractivity contribution in [3.8, 4) is 5.75 Å². The van der Waals surface area contributed by atoms with E-state index in [1.54, 1.807) is 0 Å². The average Bonchev–Trinajstić information content (AvgIpc) is 3.86. The van der Waals surface area contributed by atoms with Crippen LogP contribution >= 0.6 is 0 Å². The summed E-state index contributed by atoms with van der Waals surface area (Å²) in [5, 5.41) is 9.47. The van der Waals surface area contributed by atoms with Crippen molar-refractivity contribution < 1.29 is 9.15 Å². The van der Waals surface area contributed by atoms with Gasteiger partial charge in [0, 0.05) is 56.8 Å². The molecule has 9 aromatic rings. The number of fused-ring (bicyclic) bond motifs is 12. The summed E-state index contributed by atoms with van der Waals surface area (Å²) in [4.78, 5) is 4.78. The van der Waals surface area contributed by atoms with Crippen molar-refractivity contribution in [2.24, 2.45) is 0 Å². The first-order valence-corrected chi connectivity index (χ1v) is 20.2. The highest BCUT2D eigenvalue weighted by atomic mass is 16.5. The van der Waals surface area contributed by atoms with Crippen molar-refractivity contribution in [1.29, 1.82) is 0 Å². The maximum Gasteiger partial charge on any atom is 0.178 e. The lowest BCUT2D eigenvalue weighted by Gasteiger charge is -2.32. The number of hydrogen-bond acceptors (Lipinski definition) is 4. The molecule has 1 aliphatic heterocycles. The third-order valence-corrected chi connectivity index (χ3v) is 12.2. The zero-order valence-corrected chi connectivity index (χ0v) is 31.7. The second kappa shape index (κ2) is 13.1. The summed E-state index contributed by atoms with van der Waals surface area (Å²) in [6.07, 6.45) is 16.4. The highest BCUT2D eigenvalue weighted by molar-refractivity contribution is 6.22. The predicted molar refractivity (Wildman–Crippen MR) is 241 cm³/mol. The van der Waals surface area contributed by atoms with Crippen molar-refractivity contribution in [2.45, 2.75) is 24.5 Å². The van der Waals surface area contributed by atoms with Gasteiger partial charge in [-0.3, -0.25) is 0 Å². The van der Waals surface area contributed by atoms with Crippen molar-refractivity contribution in [1.82, 2.24) is 0 Å². The van der Waals surface area contributed by atoms with E-state index in [9.17, 15) is 0 Å². The largest absolute Gasteiger partial charge is 0.481 e. The summed E-state index contributed by atoms with van der Waals surface area (Å²) in [6, 6.07) is 56.8. The molecule has 0 fully saturated rings. The Bertz CT molecular complexity index is 3220. The molecule has 4 heteroatoms. The lowest BCUT2D eigenvalue weighted by molar-refractivity contribution is 0.267. The normalized spacial score (nSPS) is 18.1. The summed E-state index contributed by atoms with van der Waals surface area (Å²) in [5.74, 6) is 0.882.